The number of amides is 1. The molecule has 0 bridgehead atoms. The first-order valence-corrected chi connectivity index (χ1v) is 10.4. The molecule has 0 N–H and O–H groups in total. The molecular formula is C24H32N2O3. The minimum atomic E-state index is 0.240. The lowest BCUT2D eigenvalue weighted by atomic mass is 10.1. The van der Waals surface area contributed by atoms with Crippen LogP contribution >= 0.6 is 0 Å². The normalized spacial score (nSPS) is 14.6. The van der Waals surface area contributed by atoms with Crippen molar-refractivity contribution in [3.05, 3.63) is 59.7 Å². The number of hydrogen-bond donors (Lipinski definition) is 0. The Morgan fingerprint density at radius 2 is 1.59 bits per heavy atom. The lowest BCUT2D eigenvalue weighted by Gasteiger charge is -2.34. The predicted octanol–water partition coefficient (Wildman–Crippen LogP) is 3.41. The molecule has 29 heavy (non-hydrogen) atoms. The maximum atomic E-state index is 12.6. The van der Waals surface area contributed by atoms with Crippen LogP contribution in [0.4, 0.5) is 0 Å². The van der Waals surface area contributed by atoms with Crippen molar-refractivity contribution in [2.75, 3.05) is 46.9 Å². The van der Waals surface area contributed by atoms with Crippen molar-refractivity contribution in [2.24, 2.45) is 0 Å². The summed E-state index contributed by atoms with van der Waals surface area (Å²) < 4.78 is 10.6. The van der Waals surface area contributed by atoms with Gasteiger partial charge in [-0.1, -0.05) is 36.4 Å². The number of carbonyl (C=O) groups is 1. The second kappa shape index (κ2) is 10.9. The van der Waals surface area contributed by atoms with E-state index in [0.29, 0.717) is 17.9 Å². The van der Waals surface area contributed by atoms with Crippen LogP contribution in [0.2, 0.25) is 0 Å². The Kier molecular flexibility index (Phi) is 7.94. The fraction of sp³-hybridized carbons (Fsp3) is 0.458. The van der Waals surface area contributed by atoms with Crippen LogP contribution in [-0.4, -0.2) is 62.7 Å². The summed E-state index contributed by atoms with van der Waals surface area (Å²) in [5.41, 5.74) is 2.49. The highest BCUT2D eigenvalue weighted by atomic mass is 16.5. The van der Waals surface area contributed by atoms with Crippen molar-refractivity contribution in [2.45, 2.75) is 25.7 Å². The van der Waals surface area contributed by atoms with Crippen LogP contribution in [0.25, 0.3) is 0 Å². The Morgan fingerprint density at radius 1 is 0.862 bits per heavy atom. The van der Waals surface area contributed by atoms with E-state index in [1.54, 1.807) is 14.2 Å². The van der Waals surface area contributed by atoms with E-state index in [1.807, 2.05) is 23.1 Å². The Bertz CT molecular complexity index is 771. The van der Waals surface area contributed by atoms with Gasteiger partial charge in [0, 0.05) is 32.6 Å². The van der Waals surface area contributed by atoms with Crippen molar-refractivity contribution < 1.29 is 14.3 Å². The zero-order chi connectivity index (χ0) is 20.5. The fourth-order valence-electron chi connectivity index (χ4n) is 3.82. The van der Waals surface area contributed by atoms with Gasteiger partial charge < -0.3 is 14.4 Å². The summed E-state index contributed by atoms with van der Waals surface area (Å²) in [6, 6.07) is 16.5. The third-order valence-electron chi connectivity index (χ3n) is 5.58. The average molecular weight is 397 g/mol. The summed E-state index contributed by atoms with van der Waals surface area (Å²) in [5.74, 6) is 1.66. The molecule has 0 saturated carbocycles. The zero-order valence-corrected chi connectivity index (χ0v) is 17.6. The molecule has 0 unspecified atom stereocenters. The highest BCUT2D eigenvalue weighted by Gasteiger charge is 2.20. The van der Waals surface area contributed by atoms with Gasteiger partial charge in [-0.25, -0.2) is 0 Å². The van der Waals surface area contributed by atoms with Gasteiger partial charge in [0.05, 0.1) is 14.2 Å². The van der Waals surface area contributed by atoms with E-state index >= 15 is 0 Å². The van der Waals surface area contributed by atoms with E-state index in [9.17, 15) is 4.79 Å². The van der Waals surface area contributed by atoms with Crippen LogP contribution in [0.5, 0.6) is 11.5 Å². The van der Waals surface area contributed by atoms with Crippen molar-refractivity contribution in [3.63, 3.8) is 0 Å². The van der Waals surface area contributed by atoms with Crippen LogP contribution in [-0.2, 0) is 17.6 Å². The zero-order valence-electron chi connectivity index (χ0n) is 17.6. The maximum Gasteiger partial charge on any atom is 0.222 e. The number of hydrogen-bond acceptors (Lipinski definition) is 4. The standard InChI is InChI=1S/C24H32N2O3/c1-28-22-12-10-21(19-23(22)29-2)11-13-24(27)26-17-15-25(16-18-26)14-6-9-20-7-4-3-5-8-20/h3-5,7-8,10,12,19H,6,9,11,13-18H2,1-2H3. The molecule has 0 atom stereocenters. The second-order valence-electron chi connectivity index (χ2n) is 7.50. The third-order valence-corrected chi connectivity index (χ3v) is 5.58. The highest BCUT2D eigenvalue weighted by Crippen LogP contribution is 2.28. The monoisotopic (exact) mass is 396 g/mol. The van der Waals surface area contributed by atoms with Crippen molar-refractivity contribution in [3.8, 4) is 11.5 Å². The summed E-state index contributed by atoms with van der Waals surface area (Å²) >= 11 is 0. The molecule has 1 fully saturated rings. The van der Waals surface area contributed by atoms with Crippen LogP contribution in [0.3, 0.4) is 0 Å². The molecule has 1 aliphatic rings. The SMILES string of the molecule is COc1ccc(CCC(=O)N2CCN(CCCc3ccccc3)CC2)cc1OC. The quantitative estimate of drug-likeness (QED) is 0.651. The van der Waals surface area contributed by atoms with Crippen LogP contribution in [0, 0.1) is 0 Å². The van der Waals surface area contributed by atoms with E-state index in [4.69, 9.17) is 9.47 Å². The molecule has 0 spiro atoms. The van der Waals surface area contributed by atoms with Gasteiger partial charge in [-0.2, -0.15) is 0 Å². The minimum Gasteiger partial charge on any atom is -0.493 e. The fourth-order valence-corrected chi connectivity index (χ4v) is 3.82. The molecule has 5 nitrogen and oxygen atoms in total. The topological polar surface area (TPSA) is 42.0 Å². The molecule has 5 heteroatoms. The first-order valence-electron chi connectivity index (χ1n) is 10.4. The number of benzene rings is 2. The van der Waals surface area contributed by atoms with Gasteiger partial charge in [0.2, 0.25) is 5.91 Å². The van der Waals surface area contributed by atoms with Gasteiger partial charge in [0.25, 0.3) is 0 Å². The number of rotatable bonds is 9. The number of piperazine rings is 1. The van der Waals surface area contributed by atoms with Crippen LogP contribution in [0.15, 0.2) is 48.5 Å². The summed E-state index contributed by atoms with van der Waals surface area (Å²) in [5, 5.41) is 0. The minimum absolute atomic E-state index is 0.240. The largest absolute Gasteiger partial charge is 0.493 e. The molecule has 0 aromatic heterocycles. The number of ether oxygens (including phenoxy) is 2. The lowest BCUT2D eigenvalue weighted by molar-refractivity contribution is -0.132. The smallest absolute Gasteiger partial charge is 0.222 e. The van der Waals surface area contributed by atoms with E-state index in [1.165, 1.54) is 5.56 Å². The van der Waals surface area contributed by atoms with Gasteiger partial charge in [-0.15, -0.1) is 0 Å². The molecule has 156 valence electrons. The van der Waals surface area contributed by atoms with Gasteiger partial charge in [0.1, 0.15) is 0 Å². The van der Waals surface area contributed by atoms with E-state index in [-0.39, 0.29) is 5.91 Å². The van der Waals surface area contributed by atoms with E-state index in [0.717, 1.165) is 57.5 Å². The average Bonchev–Trinajstić information content (AvgIpc) is 2.78. The summed E-state index contributed by atoms with van der Waals surface area (Å²) in [6.07, 6.45) is 3.53. The van der Waals surface area contributed by atoms with Gasteiger partial charge >= 0.3 is 0 Å². The summed E-state index contributed by atoms with van der Waals surface area (Å²) in [7, 11) is 3.26. The number of nitrogens with zero attached hydrogens (tertiary/aromatic N) is 2. The molecular weight excluding hydrogens is 364 g/mol. The molecule has 0 aliphatic carbocycles. The van der Waals surface area contributed by atoms with E-state index in [2.05, 4.69) is 35.2 Å². The molecule has 1 heterocycles. The van der Waals surface area contributed by atoms with Crippen LogP contribution < -0.4 is 9.47 Å². The third kappa shape index (κ3) is 6.23. The molecule has 1 amide bonds. The summed E-state index contributed by atoms with van der Waals surface area (Å²) in [4.78, 5) is 17.1. The highest BCUT2D eigenvalue weighted by molar-refractivity contribution is 5.76. The number of methoxy groups -OCH3 is 2. The molecule has 1 aliphatic heterocycles. The first kappa shape index (κ1) is 21.2. The second-order valence-corrected chi connectivity index (χ2v) is 7.50. The van der Waals surface area contributed by atoms with Gasteiger partial charge in [0.15, 0.2) is 11.5 Å². The van der Waals surface area contributed by atoms with Crippen LogP contribution in [0.1, 0.15) is 24.0 Å². The Morgan fingerprint density at radius 3 is 2.28 bits per heavy atom. The lowest BCUT2D eigenvalue weighted by Crippen LogP contribution is -2.48. The molecule has 2 aromatic carbocycles. The first-order chi connectivity index (χ1) is 14.2. The molecule has 1 saturated heterocycles. The Hall–Kier alpha value is -2.53. The van der Waals surface area contributed by atoms with Crippen molar-refractivity contribution in [1.82, 2.24) is 9.80 Å². The maximum absolute atomic E-state index is 12.6. The Labute approximate surface area is 174 Å². The van der Waals surface area contributed by atoms with Crippen molar-refractivity contribution in [1.29, 1.82) is 0 Å². The van der Waals surface area contributed by atoms with E-state index < -0.39 is 0 Å². The molecule has 3 rings (SSSR count). The molecule has 0 radical (unpaired) electrons. The molecule has 2 aromatic rings. The summed E-state index contributed by atoms with van der Waals surface area (Å²) in [6.45, 7) is 4.70. The number of aryl methyl sites for hydroxylation is 2. The van der Waals surface area contributed by atoms with Gasteiger partial charge in [-0.3, -0.25) is 9.69 Å². The van der Waals surface area contributed by atoms with Crippen molar-refractivity contribution >= 4 is 5.91 Å². The number of carbonyl (C=O) groups excluding carboxylic acids is 1. The predicted molar refractivity (Wildman–Crippen MR) is 116 cm³/mol. The Balaban J connectivity index is 1.37. The van der Waals surface area contributed by atoms with Gasteiger partial charge in [-0.05, 0) is 49.1 Å².